The minimum Gasteiger partial charge on any atom is -0.472 e. The third-order valence-electron chi connectivity index (χ3n) is 2.56. The molecule has 0 saturated heterocycles. The zero-order valence-corrected chi connectivity index (χ0v) is 12.4. The Morgan fingerprint density at radius 3 is 2.85 bits per heavy atom. The molecular formula is C13H16N2O3S2. The average Bonchev–Trinajstić information content (AvgIpc) is 2.89. The maximum Gasteiger partial charge on any atom is 0.212 e. The van der Waals surface area contributed by atoms with Gasteiger partial charge in [-0.15, -0.1) is 11.8 Å². The summed E-state index contributed by atoms with van der Waals surface area (Å²) in [5.74, 6) is 0.536. The Morgan fingerprint density at radius 1 is 1.30 bits per heavy atom. The molecule has 0 bridgehead atoms. The van der Waals surface area contributed by atoms with E-state index in [2.05, 4.69) is 4.72 Å². The second kappa shape index (κ2) is 6.83. The van der Waals surface area contributed by atoms with Gasteiger partial charge >= 0.3 is 0 Å². The van der Waals surface area contributed by atoms with Crippen LogP contribution in [0.2, 0.25) is 0 Å². The van der Waals surface area contributed by atoms with Crippen molar-refractivity contribution in [2.75, 3.05) is 17.2 Å². The highest BCUT2D eigenvalue weighted by Gasteiger charge is 2.10. The number of nitrogens with two attached hydrogens (primary N) is 1. The van der Waals surface area contributed by atoms with Gasteiger partial charge in [0.25, 0.3) is 0 Å². The normalized spacial score (nSPS) is 11.6. The molecule has 0 aliphatic carbocycles. The standard InChI is InChI=1S/C13H16N2O3S2/c14-12-2-1-3-13(8-12)19-6-7-20(16,17)15-9-11-4-5-18-10-11/h1-5,8,10,15H,6-7,9,14H2. The molecular weight excluding hydrogens is 296 g/mol. The Balaban J connectivity index is 1.77. The van der Waals surface area contributed by atoms with E-state index in [4.69, 9.17) is 10.2 Å². The topological polar surface area (TPSA) is 85.3 Å². The van der Waals surface area contributed by atoms with Crippen LogP contribution in [0.25, 0.3) is 0 Å². The van der Waals surface area contributed by atoms with Crippen molar-refractivity contribution in [1.29, 1.82) is 0 Å². The number of thioether (sulfide) groups is 1. The van der Waals surface area contributed by atoms with Crippen molar-refractivity contribution in [2.24, 2.45) is 0 Å². The van der Waals surface area contributed by atoms with Gasteiger partial charge < -0.3 is 10.2 Å². The Labute approximate surface area is 122 Å². The number of furan rings is 1. The smallest absolute Gasteiger partial charge is 0.212 e. The Hall–Kier alpha value is -1.44. The van der Waals surface area contributed by atoms with Gasteiger partial charge in [0, 0.05) is 28.4 Å². The molecule has 0 aliphatic rings. The van der Waals surface area contributed by atoms with E-state index in [9.17, 15) is 8.42 Å². The molecule has 0 fully saturated rings. The molecule has 0 amide bonds. The number of benzene rings is 1. The van der Waals surface area contributed by atoms with E-state index in [1.165, 1.54) is 24.3 Å². The molecule has 0 unspecified atom stereocenters. The zero-order chi connectivity index (χ0) is 14.4. The highest BCUT2D eigenvalue weighted by molar-refractivity contribution is 8.00. The second-order valence-corrected chi connectivity index (χ2v) is 7.29. The van der Waals surface area contributed by atoms with Crippen LogP contribution in [-0.4, -0.2) is 19.9 Å². The lowest BCUT2D eigenvalue weighted by Crippen LogP contribution is -2.26. The molecule has 1 aromatic carbocycles. The van der Waals surface area contributed by atoms with Crippen molar-refractivity contribution >= 4 is 27.5 Å². The third kappa shape index (κ3) is 4.92. The molecule has 1 heterocycles. The van der Waals surface area contributed by atoms with E-state index in [1.54, 1.807) is 12.1 Å². The molecule has 7 heteroatoms. The average molecular weight is 312 g/mol. The van der Waals surface area contributed by atoms with Crippen molar-refractivity contribution in [3.63, 3.8) is 0 Å². The van der Waals surface area contributed by atoms with Crippen LogP contribution in [0.5, 0.6) is 0 Å². The second-order valence-electron chi connectivity index (χ2n) is 4.19. The molecule has 0 saturated carbocycles. The molecule has 0 radical (unpaired) electrons. The van der Waals surface area contributed by atoms with E-state index >= 15 is 0 Å². The van der Waals surface area contributed by atoms with Gasteiger partial charge in [-0.05, 0) is 24.3 Å². The van der Waals surface area contributed by atoms with Gasteiger partial charge in [0.2, 0.25) is 10.0 Å². The summed E-state index contributed by atoms with van der Waals surface area (Å²) in [5.41, 5.74) is 7.14. The molecule has 108 valence electrons. The largest absolute Gasteiger partial charge is 0.472 e. The van der Waals surface area contributed by atoms with Gasteiger partial charge in [0.1, 0.15) is 0 Å². The highest BCUT2D eigenvalue weighted by atomic mass is 32.2. The Bertz CT molecular complexity index is 639. The molecule has 20 heavy (non-hydrogen) atoms. The number of rotatable bonds is 7. The zero-order valence-electron chi connectivity index (χ0n) is 10.8. The van der Waals surface area contributed by atoms with Crippen LogP contribution in [-0.2, 0) is 16.6 Å². The fourth-order valence-electron chi connectivity index (χ4n) is 1.53. The summed E-state index contributed by atoms with van der Waals surface area (Å²) in [7, 11) is -3.28. The highest BCUT2D eigenvalue weighted by Crippen LogP contribution is 2.20. The number of hydrogen-bond donors (Lipinski definition) is 2. The van der Waals surface area contributed by atoms with Crippen molar-refractivity contribution in [3.05, 3.63) is 48.4 Å². The van der Waals surface area contributed by atoms with Gasteiger partial charge in [-0.25, -0.2) is 13.1 Å². The van der Waals surface area contributed by atoms with Crippen molar-refractivity contribution in [2.45, 2.75) is 11.4 Å². The molecule has 3 N–H and O–H groups in total. The lowest BCUT2D eigenvalue weighted by molar-refractivity contribution is 0.561. The predicted molar refractivity (Wildman–Crippen MR) is 80.9 cm³/mol. The predicted octanol–water partition coefficient (Wildman–Crippen LogP) is 2.07. The summed E-state index contributed by atoms with van der Waals surface area (Å²) >= 11 is 1.47. The van der Waals surface area contributed by atoms with Gasteiger partial charge in [-0.1, -0.05) is 6.07 Å². The monoisotopic (exact) mass is 312 g/mol. The Kier molecular flexibility index (Phi) is 5.11. The van der Waals surface area contributed by atoms with Gasteiger partial charge in [0.15, 0.2) is 0 Å². The third-order valence-corrected chi connectivity index (χ3v) is 5.13. The fraction of sp³-hybridized carbons (Fsp3) is 0.231. The van der Waals surface area contributed by atoms with E-state index in [0.29, 0.717) is 11.4 Å². The molecule has 1 aromatic heterocycles. The van der Waals surface area contributed by atoms with E-state index in [-0.39, 0.29) is 12.3 Å². The lowest BCUT2D eigenvalue weighted by atomic mass is 10.3. The van der Waals surface area contributed by atoms with Crippen LogP contribution in [0.1, 0.15) is 5.56 Å². The quantitative estimate of drug-likeness (QED) is 0.604. The van der Waals surface area contributed by atoms with Gasteiger partial charge in [0.05, 0.1) is 18.3 Å². The maximum absolute atomic E-state index is 11.8. The fourth-order valence-corrected chi connectivity index (χ4v) is 3.90. The first kappa shape index (κ1) is 15.0. The number of anilines is 1. The molecule has 0 spiro atoms. The summed E-state index contributed by atoms with van der Waals surface area (Å²) in [6.45, 7) is 0.252. The summed E-state index contributed by atoms with van der Waals surface area (Å²) < 4.78 is 31.0. The van der Waals surface area contributed by atoms with Crippen molar-refractivity contribution in [1.82, 2.24) is 4.72 Å². The minimum atomic E-state index is -3.28. The number of nitrogens with one attached hydrogen (secondary N) is 1. The van der Waals surface area contributed by atoms with Gasteiger partial charge in [-0.2, -0.15) is 0 Å². The summed E-state index contributed by atoms with van der Waals surface area (Å²) in [6, 6.07) is 9.11. The molecule has 0 atom stereocenters. The summed E-state index contributed by atoms with van der Waals surface area (Å²) in [5, 5.41) is 0. The summed E-state index contributed by atoms with van der Waals surface area (Å²) in [6.07, 6.45) is 3.03. The SMILES string of the molecule is Nc1cccc(SCCS(=O)(=O)NCc2ccoc2)c1. The molecule has 2 aromatic rings. The van der Waals surface area contributed by atoms with Crippen LogP contribution < -0.4 is 10.5 Å². The lowest BCUT2D eigenvalue weighted by Gasteiger charge is -2.06. The van der Waals surface area contributed by atoms with Crippen molar-refractivity contribution in [3.8, 4) is 0 Å². The molecule has 0 aliphatic heterocycles. The number of sulfonamides is 1. The van der Waals surface area contributed by atoms with Gasteiger partial charge in [-0.3, -0.25) is 0 Å². The maximum atomic E-state index is 11.8. The number of hydrogen-bond acceptors (Lipinski definition) is 5. The van der Waals surface area contributed by atoms with E-state index in [1.807, 2.05) is 18.2 Å². The van der Waals surface area contributed by atoms with Crippen LogP contribution >= 0.6 is 11.8 Å². The first-order chi connectivity index (χ1) is 9.55. The van der Waals surface area contributed by atoms with E-state index < -0.39 is 10.0 Å². The van der Waals surface area contributed by atoms with Crippen LogP contribution in [0.3, 0.4) is 0 Å². The molecule has 5 nitrogen and oxygen atoms in total. The first-order valence-corrected chi connectivity index (χ1v) is 8.66. The minimum absolute atomic E-state index is 0.0598. The number of nitrogen functional groups attached to an aromatic ring is 1. The van der Waals surface area contributed by atoms with Crippen LogP contribution in [0, 0.1) is 0 Å². The van der Waals surface area contributed by atoms with E-state index in [0.717, 1.165) is 10.5 Å². The first-order valence-electron chi connectivity index (χ1n) is 6.02. The Morgan fingerprint density at radius 2 is 2.15 bits per heavy atom. The van der Waals surface area contributed by atoms with Crippen LogP contribution in [0.15, 0.2) is 52.2 Å². The molecule has 2 rings (SSSR count). The summed E-state index contributed by atoms with van der Waals surface area (Å²) in [4.78, 5) is 0.968. The van der Waals surface area contributed by atoms with Crippen molar-refractivity contribution < 1.29 is 12.8 Å². The van der Waals surface area contributed by atoms with Crippen LogP contribution in [0.4, 0.5) is 5.69 Å².